The number of anilines is 2. The van der Waals surface area contributed by atoms with Crippen molar-refractivity contribution in [3.05, 3.63) is 46.6 Å². The van der Waals surface area contributed by atoms with Crippen molar-refractivity contribution in [1.82, 2.24) is 19.7 Å². The monoisotopic (exact) mass is 619 g/mol. The van der Waals surface area contributed by atoms with E-state index in [0.717, 1.165) is 22.6 Å². The molecule has 1 aromatic carbocycles. The van der Waals surface area contributed by atoms with Crippen LogP contribution in [-0.4, -0.2) is 89.2 Å². The second kappa shape index (κ2) is 11.7. The average Bonchev–Trinajstić information content (AvgIpc) is 3.37. The second-order valence-electron chi connectivity index (χ2n) is 14.6. The van der Waals surface area contributed by atoms with Crippen molar-refractivity contribution < 1.29 is 28.4 Å². The van der Waals surface area contributed by atoms with Gasteiger partial charge in [0.2, 0.25) is 5.91 Å². The number of piperidine rings is 1. The lowest BCUT2D eigenvalue weighted by atomic mass is 9.74. The topological polar surface area (TPSA) is 114 Å². The van der Waals surface area contributed by atoms with Gasteiger partial charge >= 0.3 is 13.2 Å². The molecule has 3 aliphatic rings. The summed E-state index contributed by atoms with van der Waals surface area (Å²) in [5, 5.41) is 3.37. The lowest BCUT2D eigenvalue weighted by Crippen LogP contribution is -2.41. The van der Waals surface area contributed by atoms with E-state index in [9.17, 15) is 14.4 Å². The number of hydrogen-bond acceptors (Lipinski definition) is 9. The molecule has 1 N–H and O–H groups in total. The molecule has 0 bridgehead atoms. The Bertz CT molecular complexity index is 1500. The fourth-order valence-corrected chi connectivity index (χ4v) is 5.93. The first kappa shape index (κ1) is 32.9. The molecule has 242 valence electrons. The molecule has 11 nitrogen and oxygen atoms in total. The van der Waals surface area contributed by atoms with Crippen LogP contribution in [0, 0.1) is 0 Å². The van der Waals surface area contributed by atoms with E-state index in [1.54, 1.807) is 25.7 Å². The van der Waals surface area contributed by atoms with Gasteiger partial charge in [-0.3, -0.25) is 9.59 Å². The third-order valence-electron chi connectivity index (χ3n) is 9.08. The first-order valence-corrected chi connectivity index (χ1v) is 15.6. The third-order valence-corrected chi connectivity index (χ3v) is 9.08. The number of benzene rings is 1. The van der Waals surface area contributed by atoms with Crippen molar-refractivity contribution >= 4 is 42.0 Å². The molecule has 4 heterocycles. The maximum absolute atomic E-state index is 13.9. The molecule has 1 atom stereocenters. The zero-order chi connectivity index (χ0) is 33.1. The molecule has 0 radical (unpaired) electrons. The van der Waals surface area contributed by atoms with E-state index in [1.165, 1.54) is 0 Å². The van der Waals surface area contributed by atoms with Crippen LogP contribution in [0.25, 0.3) is 0 Å². The van der Waals surface area contributed by atoms with Crippen molar-refractivity contribution in [2.75, 3.05) is 33.0 Å². The standard InChI is InChI=1S/C33H46BN5O6/c1-31(2,3)43-30(42)39-18-22-23(34-44-32(4,5)33(6,7)45-34)12-13-24(28(22)29(39)41)35-26-14-11-21(25(36-26)19-37(8)9)20-15-16-38(10)27(40)17-20/h11-14,20H,15-19H2,1-10H3,(H,35,36). The Morgan fingerprint density at radius 1 is 1.11 bits per heavy atom. The molecule has 12 heteroatoms. The van der Waals surface area contributed by atoms with Crippen LogP contribution in [0.5, 0.6) is 0 Å². The zero-order valence-corrected chi connectivity index (χ0v) is 28.2. The van der Waals surface area contributed by atoms with Gasteiger partial charge in [-0.15, -0.1) is 0 Å². The fraction of sp³-hybridized carbons (Fsp3) is 0.576. The van der Waals surface area contributed by atoms with E-state index < -0.39 is 35.9 Å². The van der Waals surface area contributed by atoms with Crippen molar-refractivity contribution in [3.63, 3.8) is 0 Å². The summed E-state index contributed by atoms with van der Waals surface area (Å²) in [6.45, 7) is 14.5. The summed E-state index contributed by atoms with van der Waals surface area (Å²) < 4.78 is 18.3. The number of ether oxygens (including phenoxy) is 1. The van der Waals surface area contributed by atoms with Crippen LogP contribution in [0.1, 0.15) is 94.4 Å². The fourth-order valence-electron chi connectivity index (χ4n) is 5.93. The highest BCUT2D eigenvalue weighted by Gasteiger charge is 2.53. The minimum absolute atomic E-state index is 0.0282. The Labute approximate surface area is 266 Å². The van der Waals surface area contributed by atoms with Gasteiger partial charge in [0.15, 0.2) is 0 Å². The van der Waals surface area contributed by atoms with Gasteiger partial charge in [-0.1, -0.05) is 12.1 Å². The normalized spacial score (nSPS) is 21.0. The van der Waals surface area contributed by atoms with Crippen molar-refractivity contribution in [3.8, 4) is 0 Å². The maximum atomic E-state index is 13.9. The van der Waals surface area contributed by atoms with Gasteiger partial charge in [0.05, 0.1) is 34.7 Å². The smallest absolute Gasteiger partial charge is 0.443 e. The predicted molar refractivity (Wildman–Crippen MR) is 173 cm³/mol. The third kappa shape index (κ3) is 6.59. The lowest BCUT2D eigenvalue weighted by Gasteiger charge is -2.32. The van der Waals surface area contributed by atoms with Gasteiger partial charge in [-0.2, -0.15) is 0 Å². The first-order chi connectivity index (χ1) is 20.9. The molecule has 0 spiro atoms. The molecular weight excluding hydrogens is 573 g/mol. The highest BCUT2D eigenvalue weighted by atomic mass is 16.7. The largest absolute Gasteiger partial charge is 0.495 e. The highest BCUT2D eigenvalue weighted by molar-refractivity contribution is 6.63. The number of carbonyl (C=O) groups excluding carboxylic acids is 3. The molecule has 2 aromatic rings. The number of likely N-dealkylation sites (tertiary alicyclic amines) is 1. The second-order valence-corrected chi connectivity index (χ2v) is 14.6. The molecule has 0 aliphatic carbocycles. The summed E-state index contributed by atoms with van der Waals surface area (Å²) in [7, 11) is 5.09. The van der Waals surface area contributed by atoms with Gasteiger partial charge in [-0.05, 0) is 104 Å². The van der Waals surface area contributed by atoms with Gasteiger partial charge in [0.25, 0.3) is 5.91 Å². The van der Waals surface area contributed by atoms with Crippen LogP contribution in [-0.2, 0) is 31.9 Å². The van der Waals surface area contributed by atoms with E-state index in [2.05, 4.69) is 5.32 Å². The number of amides is 3. The number of pyridine rings is 1. The molecule has 5 rings (SSSR count). The molecule has 2 fully saturated rings. The summed E-state index contributed by atoms with van der Waals surface area (Å²) in [6.07, 6.45) is 0.617. The highest BCUT2D eigenvalue weighted by Crippen LogP contribution is 2.39. The van der Waals surface area contributed by atoms with Crippen molar-refractivity contribution in [2.24, 2.45) is 0 Å². The van der Waals surface area contributed by atoms with Gasteiger partial charge in [0, 0.05) is 26.6 Å². The SMILES string of the molecule is CN(C)Cc1nc(Nc2ccc(B3OC(C)(C)C(C)(C)O3)c3c2C(=O)N(C(=O)OC(C)(C)C)C3)ccc1C1CCN(C)C(=O)C1. The number of rotatable bonds is 6. The summed E-state index contributed by atoms with van der Waals surface area (Å²) in [5.74, 6) is 0.326. The predicted octanol–water partition coefficient (Wildman–Crippen LogP) is 4.41. The number of carbonyl (C=O) groups is 3. The van der Waals surface area contributed by atoms with Crippen LogP contribution in [0.2, 0.25) is 0 Å². The number of hydrogen-bond donors (Lipinski definition) is 1. The molecule has 0 saturated carbocycles. The Balaban J connectivity index is 1.52. The number of imide groups is 1. The summed E-state index contributed by atoms with van der Waals surface area (Å²) in [6, 6.07) is 7.61. The van der Waals surface area contributed by atoms with E-state index in [0.29, 0.717) is 47.6 Å². The Morgan fingerprint density at radius 2 is 1.78 bits per heavy atom. The minimum atomic E-state index is -0.769. The van der Waals surface area contributed by atoms with Crippen molar-refractivity contribution in [1.29, 1.82) is 0 Å². The molecule has 2 saturated heterocycles. The van der Waals surface area contributed by atoms with Crippen LogP contribution in [0.15, 0.2) is 24.3 Å². The van der Waals surface area contributed by atoms with Crippen LogP contribution >= 0.6 is 0 Å². The molecule has 3 amide bonds. The maximum Gasteiger partial charge on any atom is 0.495 e. The number of nitrogens with one attached hydrogen (secondary N) is 1. The molecule has 1 aromatic heterocycles. The molecule has 3 aliphatic heterocycles. The summed E-state index contributed by atoms with van der Waals surface area (Å²) >= 11 is 0. The van der Waals surface area contributed by atoms with Crippen LogP contribution in [0.3, 0.4) is 0 Å². The number of nitrogens with zero attached hydrogens (tertiary/aromatic N) is 4. The van der Waals surface area contributed by atoms with Gasteiger partial charge < -0.3 is 29.2 Å². The van der Waals surface area contributed by atoms with Gasteiger partial charge in [-0.25, -0.2) is 14.7 Å². The minimum Gasteiger partial charge on any atom is -0.443 e. The van der Waals surface area contributed by atoms with Crippen LogP contribution in [0.4, 0.5) is 16.3 Å². The molecule has 45 heavy (non-hydrogen) atoms. The van der Waals surface area contributed by atoms with E-state index >= 15 is 0 Å². The van der Waals surface area contributed by atoms with E-state index in [-0.39, 0.29) is 18.4 Å². The quantitative estimate of drug-likeness (QED) is 0.470. The Kier molecular flexibility index (Phi) is 8.56. The Morgan fingerprint density at radius 3 is 2.38 bits per heavy atom. The van der Waals surface area contributed by atoms with E-state index in [1.807, 2.05) is 78.0 Å². The van der Waals surface area contributed by atoms with Crippen LogP contribution < -0.4 is 10.8 Å². The number of aromatic nitrogens is 1. The van der Waals surface area contributed by atoms with E-state index in [4.69, 9.17) is 19.0 Å². The van der Waals surface area contributed by atoms with Gasteiger partial charge in [0.1, 0.15) is 11.4 Å². The number of fused-ring (bicyclic) bond motifs is 1. The molecular formula is C33H46BN5O6. The zero-order valence-electron chi connectivity index (χ0n) is 28.2. The summed E-state index contributed by atoms with van der Waals surface area (Å²) in [4.78, 5) is 49.5. The Hall–Kier alpha value is -3.48. The summed E-state index contributed by atoms with van der Waals surface area (Å²) in [5.41, 5.74) is 2.21. The molecule has 1 unspecified atom stereocenters. The van der Waals surface area contributed by atoms with Crippen molar-refractivity contribution in [2.45, 2.75) is 97.1 Å². The first-order valence-electron chi connectivity index (χ1n) is 15.6. The average molecular weight is 620 g/mol. The lowest BCUT2D eigenvalue weighted by molar-refractivity contribution is -0.132.